The smallest absolute Gasteiger partial charge is 0.328 e. The molecular weight excluding hydrogens is 242 g/mol. The zero-order chi connectivity index (χ0) is 14.3. The molecule has 0 radical (unpaired) electrons. The number of nitriles is 2. The van der Waals surface area contributed by atoms with E-state index in [0.717, 1.165) is 11.6 Å². The lowest BCUT2D eigenvalue weighted by Crippen LogP contribution is -2.24. The van der Waals surface area contributed by atoms with E-state index in [-0.39, 0.29) is 13.1 Å². The van der Waals surface area contributed by atoms with Gasteiger partial charge in [0.15, 0.2) is 0 Å². The molecule has 0 fully saturated rings. The highest BCUT2D eigenvalue weighted by molar-refractivity contribution is 5.87. The van der Waals surface area contributed by atoms with Crippen LogP contribution in [0.2, 0.25) is 0 Å². The molecule has 0 amide bonds. The molecule has 1 N–H and O–H groups in total. The van der Waals surface area contributed by atoms with E-state index < -0.39 is 5.97 Å². The number of aryl methyl sites for hydroxylation is 1. The Kier molecular flexibility index (Phi) is 5.13. The Balaban J connectivity index is 3.21. The fourth-order valence-electron chi connectivity index (χ4n) is 1.65. The second kappa shape index (κ2) is 6.83. The molecule has 0 aromatic heterocycles. The Hall–Kier alpha value is -2.79. The summed E-state index contributed by atoms with van der Waals surface area (Å²) in [5.74, 6) is -1.04. The van der Waals surface area contributed by atoms with Crippen molar-refractivity contribution in [3.63, 3.8) is 0 Å². The van der Waals surface area contributed by atoms with E-state index in [2.05, 4.69) is 0 Å². The lowest BCUT2D eigenvalue weighted by molar-refractivity contribution is -0.131. The van der Waals surface area contributed by atoms with Gasteiger partial charge in [0.1, 0.15) is 13.1 Å². The fourth-order valence-corrected chi connectivity index (χ4v) is 1.65. The van der Waals surface area contributed by atoms with E-state index in [0.29, 0.717) is 11.3 Å². The van der Waals surface area contributed by atoms with Gasteiger partial charge in [-0.2, -0.15) is 10.5 Å². The molecule has 1 aromatic carbocycles. The summed E-state index contributed by atoms with van der Waals surface area (Å²) >= 11 is 0. The molecule has 0 aliphatic carbocycles. The van der Waals surface area contributed by atoms with Crippen LogP contribution >= 0.6 is 0 Å². The summed E-state index contributed by atoms with van der Waals surface area (Å²) in [4.78, 5) is 12.2. The predicted molar refractivity (Wildman–Crippen MR) is 71.3 cm³/mol. The van der Waals surface area contributed by atoms with Crippen LogP contribution in [0.15, 0.2) is 24.3 Å². The number of aliphatic carboxylic acids is 1. The Labute approximate surface area is 111 Å². The van der Waals surface area contributed by atoms with Gasteiger partial charge in [0.2, 0.25) is 0 Å². The maximum atomic E-state index is 10.6. The molecule has 0 bridgehead atoms. The van der Waals surface area contributed by atoms with Gasteiger partial charge in [0.05, 0.1) is 12.1 Å². The first-order valence-corrected chi connectivity index (χ1v) is 5.59. The van der Waals surface area contributed by atoms with Crippen LogP contribution in [0, 0.1) is 29.6 Å². The summed E-state index contributed by atoms with van der Waals surface area (Å²) < 4.78 is 0. The van der Waals surface area contributed by atoms with Crippen LogP contribution in [-0.2, 0) is 4.79 Å². The Morgan fingerprint density at radius 2 is 2.00 bits per heavy atom. The van der Waals surface area contributed by atoms with Crippen LogP contribution in [0.3, 0.4) is 0 Å². The average Bonchev–Trinajstić information content (AvgIpc) is 2.36. The maximum absolute atomic E-state index is 10.6. The zero-order valence-electron chi connectivity index (χ0n) is 10.5. The van der Waals surface area contributed by atoms with E-state index in [9.17, 15) is 4.79 Å². The molecule has 96 valence electrons. The molecule has 0 atom stereocenters. The highest BCUT2D eigenvalue weighted by Gasteiger charge is 2.09. The first-order valence-electron chi connectivity index (χ1n) is 5.59. The number of nitrogens with zero attached hydrogens (tertiary/aromatic N) is 3. The lowest BCUT2D eigenvalue weighted by atomic mass is 10.1. The largest absolute Gasteiger partial charge is 0.478 e. The van der Waals surface area contributed by atoms with Gasteiger partial charge in [-0.3, -0.25) is 0 Å². The van der Waals surface area contributed by atoms with Crippen molar-refractivity contribution in [3.8, 4) is 12.1 Å². The molecule has 0 saturated carbocycles. The van der Waals surface area contributed by atoms with E-state index >= 15 is 0 Å². The van der Waals surface area contributed by atoms with Gasteiger partial charge in [0.25, 0.3) is 0 Å². The minimum atomic E-state index is -1.04. The quantitative estimate of drug-likeness (QED) is 0.641. The number of rotatable bonds is 5. The van der Waals surface area contributed by atoms with E-state index in [1.807, 2.05) is 31.2 Å². The van der Waals surface area contributed by atoms with E-state index in [1.54, 1.807) is 11.0 Å². The molecule has 0 unspecified atom stereocenters. The standard InChI is InChI=1S/C14H13N3O2/c1-11-2-4-13(17(8-6-15)9-7-16)12(10-11)3-5-14(18)19/h2-5,10H,8-9H2,1H3,(H,18,19)/b5-3+. The normalized spacial score (nSPS) is 9.84. The van der Waals surface area contributed by atoms with Gasteiger partial charge in [-0.25, -0.2) is 4.79 Å². The molecule has 0 heterocycles. The van der Waals surface area contributed by atoms with Crippen molar-refractivity contribution in [2.24, 2.45) is 0 Å². The predicted octanol–water partition coefficient (Wildman–Crippen LogP) is 1.95. The number of carboxylic acid groups (broad SMARTS) is 1. The average molecular weight is 255 g/mol. The summed E-state index contributed by atoms with van der Waals surface area (Å²) in [5, 5.41) is 26.2. The number of hydrogen-bond donors (Lipinski definition) is 1. The second-order valence-electron chi connectivity index (χ2n) is 3.91. The highest BCUT2D eigenvalue weighted by Crippen LogP contribution is 2.23. The van der Waals surface area contributed by atoms with E-state index in [4.69, 9.17) is 15.6 Å². The minimum Gasteiger partial charge on any atom is -0.478 e. The molecule has 5 nitrogen and oxygen atoms in total. The fraction of sp³-hybridized carbons (Fsp3) is 0.214. The third-order valence-electron chi connectivity index (χ3n) is 2.45. The number of carbonyl (C=O) groups is 1. The molecule has 0 saturated heterocycles. The molecule has 5 heteroatoms. The van der Waals surface area contributed by atoms with Gasteiger partial charge in [0, 0.05) is 11.8 Å². The van der Waals surface area contributed by atoms with Crippen LogP contribution in [0.1, 0.15) is 11.1 Å². The van der Waals surface area contributed by atoms with Crippen molar-refractivity contribution < 1.29 is 9.90 Å². The number of benzene rings is 1. The van der Waals surface area contributed by atoms with E-state index in [1.165, 1.54) is 6.08 Å². The summed E-state index contributed by atoms with van der Waals surface area (Å²) in [7, 11) is 0. The highest BCUT2D eigenvalue weighted by atomic mass is 16.4. The van der Waals surface area contributed by atoms with Gasteiger partial charge < -0.3 is 10.0 Å². The second-order valence-corrected chi connectivity index (χ2v) is 3.91. The van der Waals surface area contributed by atoms with Crippen molar-refractivity contribution in [3.05, 3.63) is 35.4 Å². The maximum Gasteiger partial charge on any atom is 0.328 e. The monoisotopic (exact) mass is 255 g/mol. The van der Waals surface area contributed by atoms with Crippen molar-refractivity contribution in [1.82, 2.24) is 0 Å². The minimum absolute atomic E-state index is 0.0739. The number of hydrogen-bond acceptors (Lipinski definition) is 4. The number of anilines is 1. The topological polar surface area (TPSA) is 88.1 Å². The third kappa shape index (κ3) is 4.18. The van der Waals surface area contributed by atoms with Gasteiger partial charge >= 0.3 is 5.97 Å². The molecule has 0 spiro atoms. The molecule has 0 aliphatic heterocycles. The van der Waals surface area contributed by atoms with Crippen LogP contribution in [0.25, 0.3) is 6.08 Å². The summed E-state index contributed by atoms with van der Waals surface area (Å²) in [5.41, 5.74) is 2.32. The Morgan fingerprint density at radius 1 is 1.37 bits per heavy atom. The molecule has 1 rings (SSSR count). The SMILES string of the molecule is Cc1ccc(N(CC#N)CC#N)c(/C=C/C(=O)O)c1. The zero-order valence-corrected chi connectivity index (χ0v) is 10.5. The van der Waals surface area contributed by atoms with Crippen LogP contribution in [0.5, 0.6) is 0 Å². The molecule has 19 heavy (non-hydrogen) atoms. The first-order chi connectivity index (χ1) is 9.08. The third-order valence-corrected chi connectivity index (χ3v) is 2.45. The molecule has 1 aromatic rings. The number of carboxylic acids is 1. The van der Waals surface area contributed by atoms with Gasteiger partial charge in [-0.1, -0.05) is 11.6 Å². The summed E-state index contributed by atoms with van der Waals surface area (Å²) in [6, 6.07) is 9.44. The van der Waals surface area contributed by atoms with Crippen LogP contribution < -0.4 is 4.90 Å². The van der Waals surface area contributed by atoms with Crippen LogP contribution in [-0.4, -0.2) is 24.2 Å². The van der Waals surface area contributed by atoms with Crippen molar-refractivity contribution in [1.29, 1.82) is 10.5 Å². The Bertz CT molecular complexity index is 563. The van der Waals surface area contributed by atoms with Crippen molar-refractivity contribution in [2.45, 2.75) is 6.92 Å². The summed E-state index contributed by atoms with van der Waals surface area (Å²) in [6.07, 6.45) is 2.50. The molecule has 0 aliphatic rings. The molecular formula is C14H13N3O2. The van der Waals surface area contributed by atoms with Crippen molar-refractivity contribution in [2.75, 3.05) is 18.0 Å². The van der Waals surface area contributed by atoms with Crippen LogP contribution in [0.4, 0.5) is 5.69 Å². The van der Waals surface area contributed by atoms with Crippen molar-refractivity contribution >= 4 is 17.7 Å². The first kappa shape index (κ1) is 14.3. The van der Waals surface area contributed by atoms with Gasteiger partial charge in [-0.15, -0.1) is 0 Å². The Morgan fingerprint density at radius 3 is 2.53 bits per heavy atom. The summed E-state index contributed by atoms with van der Waals surface area (Å²) in [6.45, 7) is 2.04. The van der Waals surface area contributed by atoms with Gasteiger partial charge in [-0.05, 0) is 30.7 Å². The lowest BCUT2D eigenvalue weighted by Gasteiger charge is -2.20.